The molecule has 1 amide bonds. The fourth-order valence-electron chi connectivity index (χ4n) is 3.13. The maximum atomic E-state index is 12.7. The summed E-state index contributed by atoms with van der Waals surface area (Å²) in [5, 5.41) is 0. The van der Waals surface area contributed by atoms with Crippen LogP contribution in [-0.2, 0) is 11.3 Å². The van der Waals surface area contributed by atoms with Gasteiger partial charge in [0.15, 0.2) is 11.5 Å². The van der Waals surface area contributed by atoms with Crippen LogP contribution in [0.5, 0.6) is 0 Å². The van der Waals surface area contributed by atoms with E-state index in [1.165, 1.54) is 0 Å². The molecule has 0 bridgehead atoms. The molecule has 1 aliphatic rings. The van der Waals surface area contributed by atoms with E-state index in [-0.39, 0.29) is 17.7 Å². The first-order chi connectivity index (χ1) is 11.7. The van der Waals surface area contributed by atoms with Gasteiger partial charge >= 0.3 is 0 Å². The summed E-state index contributed by atoms with van der Waals surface area (Å²) in [6.07, 6.45) is 2.10. The van der Waals surface area contributed by atoms with E-state index in [9.17, 15) is 9.59 Å². The summed E-state index contributed by atoms with van der Waals surface area (Å²) < 4.78 is 10.5. The number of Topliss-reactive ketones (excluding diaryl/α,β-unsaturated/α-hetero) is 1. The maximum Gasteiger partial charge on any atom is 0.289 e. The molecular formula is C19H21NO4. The Morgan fingerprint density at radius 3 is 2.75 bits per heavy atom. The third kappa shape index (κ3) is 3.57. The van der Waals surface area contributed by atoms with Crippen LogP contribution in [0.25, 0.3) is 0 Å². The number of rotatable bonds is 6. The number of hydrogen-bond acceptors (Lipinski definition) is 4. The van der Waals surface area contributed by atoms with Gasteiger partial charge in [-0.15, -0.1) is 0 Å². The number of hydrogen-bond donors (Lipinski definition) is 0. The number of methoxy groups -OCH3 is 1. The van der Waals surface area contributed by atoms with Crippen molar-refractivity contribution in [1.82, 2.24) is 4.90 Å². The quantitative estimate of drug-likeness (QED) is 0.764. The minimum Gasteiger partial charge on any atom is -0.453 e. The number of nitrogens with zero attached hydrogens (tertiary/aromatic N) is 1. The van der Waals surface area contributed by atoms with E-state index < -0.39 is 0 Å². The van der Waals surface area contributed by atoms with E-state index in [1.54, 1.807) is 24.1 Å². The Balaban J connectivity index is 1.68. The van der Waals surface area contributed by atoms with Gasteiger partial charge in [-0.1, -0.05) is 30.3 Å². The molecule has 126 valence electrons. The Kier molecular flexibility index (Phi) is 5.11. The fraction of sp³-hybridized carbons (Fsp3) is 0.368. The average Bonchev–Trinajstić information content (AvgIpc) is 3.25. The molecule has 0 aliphatic carbocycles. The molecule has 0 radical (unpaired) electrons. The van der Waals surface area contributed by atoms with E-state index in [0.29, 0.717) is 36.7 Å². The highest BCUT2D eigenvalue weighted by Crippen LogP contribution is 2.25. The molecule has 5 heteroatoms. The highest BCUT2D eigenvalue weighted by Gasteiger charge is 2.32. The van der Waals surface area contributed by atoms with Gasteiger partial charge in [0.2, 0.25) is 0 Å². The second-order valence-corrected chi connectivity index (χ2v) is 5.99. The summed E-state index contributed by atoms with van der Waals surface area (Å²) in [6.45, 7) is 0.995. The number of benzene rings is 1. The predicted octanol–water partition coefficient (Wildman–Crippen LogP) is 3.30. The van der Waals surface area contributed by atoms with Crippen molar-refractivity contribution in [2.24, 2.45) is 0 Å². The molecule has 2 aromatic rings. The van der Waals surface area contributed by atoms with Gasteiger partial charge < -0.3 is 14.1 Å². The van der Waals surface area contributed by atoms with Crippen molar-refractivity contribution in [2.75, 3.05) is 13.7 Å². The highest BCUT2D eigenvalue weighted by molar-refractivity contribution is 5.97. The summed E-state index contributed by atoms with van der Waals surface area (Å²) in [5.74, 6) is 0.846. The van der Waals surface area contributed by atoms with Gasteiger partial charge in [0.1, 0.15) is 12.4 Å². The van der Waals surface area contributed by atoms with Gasteiger partial charge in [-0.25, -0.2) is 0 Å². The van der Waals surface area contributed by atoms with Gasteiger partial charge in [0.25, 0.3) is 5.91 Å². The molecule has 5 nitrogen and oxygen atoms in total. The van der Waals surface area contributed by atoms with Crippen molar-refractivity contribution in [3.63, 3.8) is 0 Å². The van der Waals surface area contributed by atoms with E-state index in [1.807, 2.05) is 30.3 Å². The zero-order chi connectivity index (χ0) is 16.9. The van der Waals surface area contributed by atoms with E-state index in [4.69, 9.17) is 9.15 Å². The number of amides is 1. The lowest BCUT2D eigenvalue weighted by Crippen LogP contribution is -2.36. The Hall–Kier alpha value is -2.40. The van der Waals surface area contributed by atoms with Crippen LogP contribution in [0.4, 0.5) is 0 Å². The zero-order valence-electron chi connectivity index (χ0n) is 13.7. The molecule has 1 aliphatic heterocycles. The molecule has 3 rings (SSSR count). The lowest BCUT2D eigenvalue weighted by Gasteiger charge is -2.23. The predicted molar refractivity (Wildman–Crippen MR) is 88.9 cm³/mol. The Labute approximate surface area is 141 Å². The Morgan fingerprint density at radius 1 is 1.21 bits per heavy atom. The monoisotopic (exact) mass is 327 g/mol. The standard InChI is InChI=1S/C19H21NO4/c1-23-13-16-9-10-18(24-16)19(22)20-11-5-8-15(20)12-17(21)14-6-3-2-4-7-14/h2-4,6-7,9-10,15H,5,8,11-13H2,1H3. The Bertz CT molecular complexity index is 707. The van der Waals surface area contributed by atoms with Crippen molar-refractivity contribution < 1.29 is 18.7 Å². The van der Waals surface area contributed by atoms with Crippen molar-refractivity contribution in [3.05, 3.63) is 59.5 Å². The van der Waals surface area contributed by atoms with Crippen molar-refractivity contribution in [1.29, 1.82) is 0 Å². The fourth-order valence-corrected chi connectivity index (χ4v) is 3.13. The van der Waals surface area contributed by atoms with Crippen LogP contribution in [0.2, 0.25) is 0 Å². The minimum atomic E-state index is -0.152. The number of furan rings is 1. The van der Waals surface area contributed by atoms with Crippen LogP contribution in [0.1, 0.15) is 45.9 Å². The molecule has 0 saturated carbocycles. The van der Waals surface area contributed by atoms with Crippen molar-refractivity contribution >= 4 is 11.7 Å². The number of carbonyl (C=O) groups excluding carboxylic acids is 2. The van der Waals surface area contributed by atoms with Crippen LogP contribution in [0.15, 0.2) is 46.9 Å². The zero-order valence-corrected chi connectivity index (χ0v) is 13.7. The summed E-state index contributed by atoms with van der Waals surface area (Å²) in [4.78, 5) is 26.8. The van der Waals surface area contributed by atoms with Gasteiger partial charge in [-0.05, 0) is 25.0 Å². The third-order valence-electron chi connectivity index (χ3n) is 4.31. The first kappa shape index (κ1) is 16.5. The molecule has 1 atom stereocenters. The number of ketones is 1. The molecule has 0 spiro atoms. The summed E-state index contributed by atoms with van der Waals surface area (Å²) >= 11 is 0. The normalized spacial score (nSPS) is 17.2. The molecule has 0 N–H and O–H groups in total. The van der Waals surface area contributed by atoms with Crippen molar-refractivity contribution in [2.45, 2.75) is 31.9 Å². The molecule has 2 heterocycles. The second kappa shape index (κ2) is 7.45. The molecular weight excluding hydrogens is 306 g/mol. The summed E-state index contributed by atoms with van der Waals surface area (Å²) in [5.41, 5.74) is 0.692. The molecule has 1 aromatic heterocycles. The molecule has 1 aromatic carbocycles. The lowest BCUT2D eigenvalue weighted by molar-refractivity contribution is 0.0680. The van der Waals surface area contributed by atoms with E-state index >= 15 is 0 Å². The van der Waals surface area contributed by atoms with Gasteiger partial charge in [-0.2, -0.15) is 0 Å². The number of carbonyl (C=O) groups is 2. The van der Waals surface area contributed by atoms with Crippen LogP contribution in [0, 0.1) is 0 Å². The first-order valence-electron chi connectivity index (χ1n) is 8.16. The minimum absolute atomic E-state index is 0.0684. The molecule has 1 unspecified atom stereocenters. The van der Waals surface area contributed by atoms with Crippen LogP contribution in [-0.4, -0.2) is 36.3 Å². The van der Waals surface area contributed by atoms with Crippen LogP contribution < -0.4 is 0 Å². The smallest absolute Gasteiger partial charge is 0.289 e. The van der Waals surface area contributed by atoms with E-state index in [2.05, 4.69) is 0 Å². The number of ether oxygens (including phenoxy) is 1. The summed E-state index contributed by atoms with van der Waals surface area (Å²) in [7, 11) is 1.58. The third-order valence-corrected chi connectivity index (χ3v) is 4.31. The van der Waals surface area contributed by atoms with Gasteiger partial charge in [-0.3, -0.25) is 9.59 Å². The van der Waals surface area contributed by atoms with Crippen LogP contribution in [0.3, 0.4) is 0 Å². The number of likely N-dealkylation sites (tertiary alicyclic amines) is 1. The second-order valence-electron chi connectivity index (χ2n) is 5.99. The van der Waals surface area contributed by atoms with Gasteiger partial charge in [0, 0.05) is 31.7 Å². The SMILES string of the molecule is COCc1ccc(C(=O)N2CCCC2CC(=O)c2ccccc2)o1. The maximum absolute atomic E-state index is 12.7. The van der Waals surface area contributed by atoms with Crippen molar-refractivity contribution in [3.8, 4) is 0 Å². The largest absolute Gasteiger partial charge is 0.453 e. The molecule has 24 heavy (non-hydrogen) atoms. The topological polar surface area (TPSA) is 59.8 Å². The van der Waals surface area contributed by atoms with E-state index in [0.717, 1.165) is 12.8 Å². The molecule has 1 saturated heterocycles. The average molecular weight is 327 g/mol. The lowest BCUT2D eigenvalue weighted by atomic mass is 10.0. The van der Waals surface area contributed by atoms with Crippen LogP contribution >= 0.6 is 0 Å². The Morgan fingerprint density at radius 2 is 2.00 bits per heavy atom. The van der Waals surface area contributed by atoms with Gasteiger partial charge in [0.05, 0.1) is 0 Å². The highest BCUT2D eigenvalue weighted by atomic mass is 16.5. The summed E-state index contributed by atoms with van der Waals surface area (Å²) in [6, 6.07) is 12.6. The molecule has 1 fully saturated rings. The first-order valence-corrected chi connectivity index (χ1v) is 8.16.